The van der Waals surface area contributed by atoms with E-state index in [0.717, 1.165) is 0 Å². The van der Waals surface area contributed by atoms with Gasteiger partial charge >= 0.3 is 0 Å². The first kappa shape index (κ1) is 12.5. The molecule has 0 saturated carbocycles. The first-order valence-electron chi connectivity index (χ1n) is 5.30. The van der Waals surface area contributed by atoms with Crippen LogP contribution in [0, 0.1) is 6.92 Å². The average Bonchev–Trinajstić information content (AvgIpc) is 2.32. The molecule has 0 bridgehead atoms. The van der Waals surface area contributed by atoms with Crippen molar-refractivity contribution in [3.63, 3.8) is 0 Å². The summed E-state index contributed by atoms with van der Waals surface area (Å²) in [5.74, 6) is 0. The highest BCUT2D eigenvalue weighted by Gasteiger charge is 1.93. The van der Waals surface area contributed by atoms with Crippen LogP contribution in [0.5, 0.6) is 0 Å². The predicted octanol–water partition coefficient (Wildman–Crippen LogP) is 3.92. The summed E-state index contributed by atoms with van der Waals surface area (Å²) in [6.45, 7) is 2.11. The molecule has 0 aliphatic heterocycles. The van der Waals surface area contributed by atoms with Crippen molar-refractivity contribution in [3.8, 4) is 11.1 Å². The molecule has 2 aromatic carbocycles. The third kappa shape index (κ3) is 3.87. The van der Waals surface area contributed by atoms with Gasteiger partial charge in [0.05, 0.1) is 0 Å². The lowest BCUT2D eigenvalue weighted by molar-refractivity contribution is 0.277. The molecule has 0 N–H and O–H groups in total. The van der Waals surface area contributed by atoms with E-state index in [2.05, 4.69) is 60.2 Å². The van der Waals surface area contributed by atoms with Crippen molar-refractivity contribution in [2.45, 2.75) is 6.92 Å². The van der Waals surface area contributed by atoms with E-state index in [0.29, 0.717) is 0 Å². The van der Waals surface area contributed by atoms with E-state index in [-0.39, 0.29) is 0 Å². The maximum Gasteiger partial charge on any atom is 0.0351 e. The maximum atomic E-state index is 4.25. The number of hydrogen-bond acceptors (Lipinski definition) is 1. The minimum atomic E-state index is 1.28. The Hall–Kier alpha value is -1.60. The van der Waals surface area contributed by atoms with Crippen molar-refractivity contribution in [2.75, 3.05) is 14.2 Å². The second-order valence-corrected chi connectivity index (χ2v) is 3.64. The van der Waals surface area contributed by atoms with Crippen LogP contribution in [0.15, 0.2) is 54.6 Å². The minimum absolute atomic E-state index is 1.28. The van der Waals surface area contributed by atoms with Gasteiger partial charge in [-0.05, 0) is 18.1 Å². The van der Waals surface area contributed by atoms with Gasteiger partial charge in [0, 0.05) is 14.2 Å². The van der Waals surface area contributed by atoms with Gasteiger partial charge in [-0.1, -0.05) is 60.2 Å². The summed E-state index contributed by atoms with van der Waals surface area (Å²) in [7, 11) is 3.25. The Morgan fingerprint density at radius 3 is 1.62 bits per heavy atom. The van der Waals surface area contributed by atoms with E-state index in [1.165, 1.54) is 16.7 Å². The van der Waals surface area contributed by atoms with Crippen molar-refractivity contribution in [2.24, 2.45) is 0 Å². The van der Waals surface area contributed by atoms with Gasteiger partial charge in [-0.15, -0.1) is 0 Å². The lowest BCUT2D eigenvalue weighted by Crippen LogP contribution is -1.76. The molecule has 0 aliphatic carbocycles. The smallest absolute Gasteiger partial charge is 0.0351 e. The van der Waals surface area contributed by atoms with Crippen LogP contribution in [0.25, 0.3) is 11.1 Å². The summed E-state index contributed by atoms with van der Waals surface area (Å²) in [5.41, 5.74) is 3.87. The number of hydrogen-bond donors (Lipinski definition) is 0. The van der Waals surface area contributed by atoms with Crippen LogP contribution < -0.4 is 0 Å². The van der Waals surface area contributed by atoms with Crippen LogP contribution in [-0.2, 0) is 4.74 Å². The summed E-state index contributed by atoms with van der Waals surface area (Å²) < 4.78 is 4.25. The highest BCUT2D eigenvalue weighted by atomic mass is 16.4. The van der Waals surface area contributed by atoms with Crippen LogP contribution in [0.1, 0.15) is 5.56 Å². The van der Waals surface area contributed by atoms with Crippen LogP contribution in [0.3, 0.4) is 0 Å². The lowest BCUT2D eigenvalue weighted by atomic mass is 10.0. The van der Waals surface area contributed by atoms with E-state index in [1.54, 1.807) is 14.2 Å². The van der Waals surface area contributed by atoms with Gasteiger partial charge in [0.15, 0.2) is 0 Å². The van der Waals surface area contributed by atoms with Crippen LogP contribution in [0.2, 0.25) is 0 Å². The third-order valence-corrected chi connectivity index (χ3v) is 2.16. The number of benzene rings is 2. The fourth-order valence-corrected chi connectivity index (χ4v) is 1.38. The second kappa shape index (κ2) is 6.81. The average molecular weight is 214 g/mol. The van der Waals surface area contributed by atoms with E-state index >= 15 is 0 Å². The van der Waals surface area contributed by atoms with Crippen LogP contribution >= 0.6 is 0 Å². The van der Waals surface area contributed by atoms with Gasteiger partial charge in [-0.25, -0.2) is 0 Å². The van der Waals surface area contributed by atoms with Crippen LogP contribution in [-0.4, -0.2) is 14.2 Å². The Balaban J connectivity index is 0.000000386. The molecule has 0 aromatic heterocycles. The van der Waals surface area contributed by atoms with E-state index in [9.17, 15) is 0 Å². The molecule has 0 radical (unpaired) electrons. The zero-order valence-electron chi connectivity index (χ0n) is 10.1. The summed E-state index contributed by atoms with van der Waals surface area (Å²) in [5, 5.41) is 0. The summed E-state index contributed by atoms with van der Waals surface area (Å²) in [6, 6.07) is 19.0. The van der Waals surface area contributed by atoms with E-state index < -0.39 is 0 Å². The maximum absolute atomic E-state index is 4.25. The second-order valence-electron chi connectivity index (χ2n) is 3.64. The Bertz CT molecular complexity index is 390. The molecule has 16 heavy (non-hydrogen) atoms. The number of aryl methyl sites for hydroxylation is 1. The predicted molar refractivity (Wildman–Crippen MR) is 69.5 cm³/mol. The zero-order chi connectivity index (χ0) is 11.8. The molecule has 1 heteroatoms. The number of methoxy groups -OCH3 is 1. The van der Waals surface area contributed by atoms with Crippen LogP contribution in [0.4, 0.5) is 0 Å². The molecule has 0 atom stereocenters. The molecule has 84 valence electrons. The highest BCUT2D eigenvalue weighted by Crippen LogP contribution is 2.18. The van der Waals surface area contributed by atoms with Gasteiger partial charge in [-0.3, -0.25) is 0 Å². The molecule has 0 spiro atoms. The summed E-state index contributed by atoms with van der Waals surface area (Å²) in [6.07, 6.45) is 0. The van der Waals surface area contributed by atoms with Crippen molar-refractivity contribution in [1.29, 1.82) is 0 Å². The number of rotatable bonds is 1. The van der Waals surface area contributed by atoms with E-state index in [4.69, 9.17) is 0 Å². The Morgan fingerprint density at radius 2 is 1.12 bits per heavy atom. The summed E-state index contributed by atoms with van der Waals surface area (Å²) in [4.78, 5) is 0. The monoisotopic (exact) mass is 214 g/mol. The molecular formula is C15H18O. The molecule has 0 unspecified atom stereocenters. The number of ether oxygens (including phenoxy) is 1. The molecular weight excluding hydrogens is 196 g/mol. The van der Waals surface area contributed by atoms with Gasteiger partial charge in [0.2, 0.25) is 0 Å². The molecule has 2 rings (SSSR count). The zero-order valence-corrected chi connectivity index (χ0v) is 10.1. The highest BCUT2D eigenvalue weighted by molar-refractivity contribution is 5.63. The molecule has 2 aromatic rings. The minimum Gasteiger partial charge on any atom is -0.388 e. The van der Waals surface area contributed by atoms with Crippen molar-refractivity contribution in [1.82, 2.24) is 0 Å². The van der Waals surface area contributed by atoms with Gasteiger partial charge < -0.3 is 4.74 Å². The van der Waals surface area contributed by atoms with Crippen molar-refractivity contribution in [3.05, 3.63) is 60.2 Å². The Morgan fingerprint density at radius 1 is 0.688 bits per heavy atom. The Labute approximate surface area is 97.7 Å². The molecule has 0 amide bonds. The fraction of sp³-hybridized carbons (Fsp3) is 0.200. The SMILES string of the molecule is COC.Cc1ccc(-c2ccccc2)cc1. The first-order valence-corrected chi connectivity index (χ1v) is 5.30. The molecule has 0 heterocycles. The van der Waals surface area contributed by atoms with Crippen molar-refractivity contribution < 1.29 is 4.74 Å². The van der Waals surface area contributed by atoms with Gasteiger partial charge in [-0.2, -0.15) is 0 Å². The molecule has 0 fully saturated rings. The van der Waals surface area contributed by atoms with Gasteiger partial charge in [0.25, 0.3) is 0 Å². The Kier molecular flexibility index (Phi) is 5.30. The van der Waals surface area contributed by atoms with E-state index in [1.807, 2.05) is 6.07 Å². The quantitative estimate of drug-likeness (QED) is 0.699. The molecule has 0 aliphatic rings. The molecule has 1 nitrogen and oxygen atoms in total. The first-order chi connectivity index (χ1) is 7.77. The van der Waals surface area contributed by atoms with Crippen molar-refractivity contribution >= 4 is 0 Å². The largest absolute Gasteiger partial charge is 0.388 e. The summed E-state index contributed by atoms with van der Waals surface area (Å²) >= 11 is 0. The lowest BCUT2D eigenvalue weighted by Gasteiger charge is -2.00. The third-order valence-electron chi connectivity index (χ3n) is 2.16. The standard InChI is InChI=1S/C13H12.C2H6O/c1-11-7-9-13(10-8-11)12-5-3-2-4-6-12;1-3-2/h2-10H,1H3;1-2H3. The topological polar surface area (TPSA) is 9.23 Å². The molecule has 0 saturated heterocycles. The fourth-order valence-electron chi connectivity index (χ4n) is 1.38. The normalized spacial score (nSPS) is 9.19. The van der Waals surface area contributed by atoms with Gasteiger partial charge in [0.1, 0.15) is 0 Å².